The third-order valence-electron chi connectivity index (χ3n) is 1.98. The molecule has 5 heteroatoms. The van der Waals surface area contributed by atoms with E-state index in [2.05, 4.69) is 9.97 Å². The van der Waals surface area contributed by atoms with Crippen molar-refractivity contribution >= 4 is 0 Å². The quantitative estimate of drug-likeness (QED) is 0.826. The smallest absolute Gasteiger partial charge is 0.293 e. The Morgan fingerprint density at radius 2 is 2.07 bits per heavy atom. The number of hydrogen-bond donors (Lipinski definition) is 1. The molecule has 1 heterocycles. The van der Waals surface area contributed by atoms with Gasteiger partial charge in [0.25, 0.3) is 6.01 Å². The van der Waals surface area contributed by atoms with Crippen molar-refractivity contribution in [1.82, 2.24) is 9.97 Å². The number of ether oxygens (including phenoxy) is 1. The monoisotopic (exact) mass is 210 g/mol. The van der Waals surface area contributed by atoms with Gasteiger partial charge in [0.2, 0.25) is 0 Å². The molecule has 0 fully saturated rings. The molecule has 0 saturated carbocycles. The molecule has 2 rings (SSSR count). The van der Waals surface area contributed by atoms with Crippen LogP contribution in [0.2, 0.25) is 0 Å². The van der Waals surface area contributed by atoms with Gasteiger partial charge in [0.1, 0.15) is 0 Å². The van der Waals surface area contributed by atoms with Crippen molar-refractivity contribution in [2.75, 3.05) is 7.11 Å². The molecule has 0 amide bonds. The van der Waals surface area contributed by atoms with E-state index in [9.17, 15) is 8.78 Å². The molecule has 1 aromatic heterocycles. The molecular formula is C10H8F2N2O. The predicted molar refractivity (Wildman–Crippen MR) is 50.5 cm³/mol. The fraction of sp³-hybridized carbons (Fsp3) is 0.100. The van der Waals surface area contributed by atoms with Crippen LogP contribution in [0.1, 0.15) is 0 Å². The first-order valence-corrected chi connectivity index (χ1v) is 4.25. The van der Waals surface area contributed by atoms with Crippen molar-refractivity contribution in [3.63, 3.8) is 0 Å². The van der Waals surface area contributed by atoms with Gasteiger partial charge in [0.15, 0.2) is 11.6 Å². The van der Waals surface area contributed by atoms with Crippen molar-refractivity contribution in [3.8, 4) is 17.3 Å². The maximum Gasteiger partial charge on any atom is 0.293 e. The molecule has 0 spiro atoms. The van der Waals surface area contributed by atoms with Crippen LogP contribution in [0.4, 0.5) is 8.78 Å². The lowest BCUT2D eigenvalue weighted by molar-refractivity contribution is 0.384. The summed E-state index contributed by atoms with van der Waals surface area (Å²) in [5.41, 5.74) is 1.09. The average Bonchev–Trinajstić information content (AvgIpc) is 2.70. The van der Waals surface area contributed by atoms with Gasteiger partial charge >= 0.3 is 0 Å². The summed E-state index contributed by atoms with van der Waals surface area (Å²) >= 11 is 0. The van der Waals surface area contributed by atoms with Crippen molar-refractivity contribution < 1.29 is 13.5 Å². The molecule has 15 heavy (non-hydrogen) atoms. The number of aromatic amines is 1. The highest BCUT2D eigenvalue weighted by Crippen LogP contribution is 2.21. The zero-order valence-electron chi connectivity index (χ0n) is 7.92. The number of benzene rings is 1. The molecule has 0 aliphatic carbocycles. The zero-order valence-corrected chi connectivity index (χ0v) is 7.92. The molecule has 0 aliphatic heterocycles. The van der Waals surface area contributed by atoms with Crippen LogP contribution in [-0.2, 0) is 0 Å². The maximum absolute atomic E-state index is 12.9. The largest absolute Gasteiger partial charge is 0.468 e. The van der Waals surface area contributed by atoms with Gasteiger partial charge in [-0.3, -0.25) is 0 Å². The molecule has 78 valence electrons. The number of H-pyrrole nitrogens is 1. The number of methoxy groups -OCH3 is 1. The first kappa shape index (κ1) is 9.64. The molecule has 1 N–H and O–H groups in total. The van der Waals surface area contributed by atoms with Crippen LogP contribution in [0.5, 0.6) is 6.01 Å². The summed E-state index contributed by atoms with van der Waals surface area (Å²) in [4.78, 5) is 6.67. The normalized spacial score (nSPS) is 10.3. The molecule has 3 nitrogen and oxygen atoms in total. The molecule has 2 aromatic rings. The lowest BCUT2D eigenvalue weighted by Crippen LogP contribution is -1.86. The van der Waals surface area contributed by atoms with E-state index in [1.54, 1.807) is 0 Å². The maximum atomic E-state index is 12.9. The minimum atomic E-state index is -0.888. The Labute approximate surface area is 84.7 Å². The highest BCUT2D eigenvalue weighted by atomic mass is 19.2. The summed E-state index contributed by atoms with van der Waals surface area (Å²) in [5, 5.41) is 0. The summed E-state index contributed by atoms with van der Waals surface area (Å²) in [6.45, 7) is 0. The van der Waals surface area contributed by atoms with Crippen LogP contribution >= 0.6 is 0 Å². The standard InChI is InChI=1S/C10H8F2N2O/c1-15-10-13-5-9(14-10)6-2-3-7(11)8(12)4-6/h2-5H,1H3,(H,13,14). The summed E-state index contributed by atoms with van der Waals surface area (Å²) < 4.78 is 30.4. The Kier molecular flexibility index (Phi) is 2.37. The lowest BCUT2D eigenvalue weighted by Gasteiger charge is -1.98. The number of imidazole rings is 1. The molecular weight excluding hydrogens is 202 g/mol. The summed E-state index contributed by atoms with van der Waals surface area (Å²) in [6.07, 6.45) is 1.49. The topological polar surface area (TPSA) is 37.9 Å². The first-order valence-electron chi connectivity index (χ1n) is 4.25. The Bertz CT molecular complexity index is 482. The minimum absolute atomic E-state index is 0.328. The minimum Gasteiger partial charge on any atom is -0.468 e. The van der Waals surface area contributed by atoms with E-state index in [4.69, 9.17) is 4.74 Å². The van der Waals surface area contributed by atoms with Crippen molar-refractivity contribution in [2.45, 2.75) is 0 Å². The summed E-state index contributed by atoms with van der Waals surface area (Å²) in [6, 6.07) is 3.96. The van der Waals surface area contributed by atoms with Crippen molar-refractivity contribution in [2.24, 2.45) is 0 Å². The molecule has 1 aromatic carbocycles. The summed E-state index contributed by atoms with van der Waals surface area (Å²) in [7, 11) is 1.47. The Morgan fingerprint density at radius 1 is 1.27 bits per heavy atom. The second-order valence-corrected chi connectivity index (χ2v) is 2.94. The third kappa shape index (κ3) is 1.81. The number of aromatic nitrogens is 2. The molecule has 0 aliphatic rings. The van der Waals surface area contributed by atoms with Gasteiger partial charge in [-0.2, -0.15) is 0 Å². The number of nitrogens with zero attached hydrogens (tertiary/aromatic N) is 1. The van der Waals surface area contributed by atoms with E-state index in [-0.39, 0.29) is 0 Å². The molecule has 0 saturated heterocycles. The van der Waals surface area contributed by atoms with Gasteiger partial charge < -0.3 is 9.72 Å². The van der Waals surface area contributed by atoms with Crippen molar-refractivity contribution in [1.29, 1.82) is 0 Å². The number of rotatable bonds is 2. The van der Waals surface area contributed by atoms with Gasteiger partial charge in [-0.1, -0.05) is 0 Å². The average molecular weight is 210 g/mol. The van der Waals surface area contributed by atoms with Crippen LogP contribution in [0, 0.1) is 11.6 Å². The van der Waals surface area contributed by atoms with Crippen LogP contribution in [0.3, 0.4) is 0 Å². The molecule has 0 unspecified atom stereocenters. The van der Waals surface area contributed by atoms with E-state index in [0.29, 0.717) is 17.3 Å². The van der Waals surface area contributed by atoms with Gasteiger partial charge in [0.05, 0.1) is 19.0 Å². The van der Waals surface area contributed by atoms with E-state index in [0.717, 1.165) is 12.1 Å². The SMILES string of the molecule is COc1ncc(-c2ccc(F)c(F)c2)[nH]1. The number of hydrogen-bond acceptors (Lipinski definition) is 2. The van der Waals surface area contributed by atoms with Crippen LogP contribution < -0.4 is 4.74 Å². The van der Waals surface area contributed by atoms with E-state index < -0.39 is 11.6 Å². The van der Waals surface area contributed by atoms with Crippen molar-refractivity contribution in [3.05, 3.63) is 36.0 Å². The highest BCUT2D eigenvalue weighted by molar-refractivity contribution is 5.58. The lowest BCUT2D eigenvalue weighted by atomic mass is 10.1. The Hall–Kier alpha value is -1.91. The second-order valence-electron chi connectivity index (χ2n) is 2.94. The van der Waals surface area contributed by atoms with Gasteiger partial charge in [-0.05, 0) is 18.2 Å². The Balaban J connectivity index is 2.40. The third-order valence-corrected chi connectivity index (χ3v) is 1.98. The van der Waals surface area contributed by atoms with E-state index in [1.165, 1.54) is 19.4 Å². The van der Waals surface area contributed by atoms with Gasteiger partial charge in [-0.25, -0.2) is 13.8 Å². The van der Waals surface area contributed by atoms with Crippen LogP contribution in [0.25, 0.3) is 11.3 Å². The fourth-order valence-electron chi connectivity index (χ4n) is 1.22. The van der Waals surface area contributed by atoms with E-state index in [1.807, 2.05) is 0 Å². The van der Waals surface area contributed by atoms with Crippen LogP contribution in [-0.4, -0.2) is 17.1 Å². The van der Waals surface area contributed by atoms with Gasteiger partial charge in [0, 0.05) is 5.56 Å². The molecule has 0 bridgehead atoms. The Morgan fingerprint density at radius 3 is 2.67 bits per heavy atom. The second kappa shape index (κ2) is 3.68. The zero-order chi connectivity index (χ0) is 10.8. The summed E-state index contributed by atoms with van der Waals surface area (Å²) in [5.74, 6) is -1.76. The van der Waals surface area contributed by atoms with Crippen LogP contribution in [0.15, 0.2) is 24.4 Å². The number of halogens is 2. The fourth-order valence-corrected chi connectivity index (χ4v) is 1.22. The first-order chi connectivity index (χ1) is 7.20. The van der Waals surface area contributed by atoms with E-state index >= 15 is 0 Å². The molecule has 0 atom stereocenters. The highest BCUT2D eigenvalue weighted by Gasteiger charge is 2.06. The van der Waals surface area contributed by atoms with Gasteiger partial charge in [-0.15, -0.1) is 0 Å². The molecule has 0 radical (unpaired) electrons. The number of nitrogens with one attached hydrogen (secondary N) is 1. The predicted octanol–water partition coefficient (Wildman–Crippen LogP) is 2.36.